The van der Waals surface area contributed by atoms with Crippen molar-refractivity contribution in [3.63, 3.8) is 0 Å². The SMILES string of the molecule is CCCC(C)(C)C(C)(C)O.CCC[C@]12CCN[C@@]1(C)CNC2.COC=O. The van der Waals surface area contributed by atoms with Crippen molar-refractivity contribution >= 4 is 6.47 Å². The molecule has 0 spiro atoms. The molecule has 3 N–H and O–H groups in total. The summed E-state index contributed by atoms with van der Waals surface area (Å²) in [5.74, 6) is 0. The second-order valence-electron chi connectivity index (χ2n) is 9.17. The lowest BCUT2D eigenvalue weighted by molar-refractivity contribution is -0.126. The third-order valence-electron chi connectivity index (χ3n) is 6.59. The summed E-state index contributed by atoms with van der Waals surface area (Å²) in [7, 11) is 1.31. The van der Waals surface area contributed by atoms with Crippen LogP contribution in [0, 0.1) is 10.8 Å². The van der Waals surface area contributed by atoms with Crippen molar-refractivity contribution in [3.8, 4) is 0 Å². The summed E-state index contributed by atoms with van der Waals surface area (Å²) in [4.78, 5) is 8.95. The number of nitrogens with one attached hydrogen (secondary N) is 2. The van der Waals surface area contributed by atoms with Crippen LogP contribution in [0.25, 0.3) is 0 Å². The van der Waals surface area contributed by atoms with E-state index < -0.39 is 5.60 Å². The highest BCUT2D eigenvalue weighted by molar-refractivity contribution is 5.36. The van der Waals surface area contributed by atoms with Crippen molar-refractivity contribution in [2.45, 2.75) is 91.7 Å². The summed E-state index contributed by atoms with van der Waals surface area (Å²) in [5.41, 5.74) is 0.454. The Labute approximate surface area is 161 Å². The molecule has 2 atom stereocenters. The van der Waals surface area contributed by atoms with Gasteiger partial charge in [0.15, 0.2) is 0 Å². The van der Waals surface area contributed by atoms with Gasteiger partial charge in [-0.05, 0) is 52.0 Å². The number of carbonyl (C=O) groups is 1. The lowest BCUT2D eigenvalue weighted by atomic mass is 9.71. The Bertz CT molecular complexity index is 393. The summed E-state index contributed by atoms with van der Waals surface area (Å²) < 4.78 is 3.86. The van der Waals surface area contributed by atoms with E-state index in [0.717, 1.165) is 19.4 Å². The first-order chi connectivity index (χ1) is 11.9. The van der Waals surface area contributed by atoms with Crippen molar-refractivity contribution in [3.05, 3.63) is 0 Å². The largest absolute Gasteiger partial charge is 0.471 e. The second-order valence-corrected chi connectivity index (χ2v) is 9.17. The van der Waals surface area contributed by atoms with Gasteiger partial charge in [0, 0.05) is 24.0 Å². The van der Waals surface area contributed by atoms with Gasteiger partial charge in [-0.3, -0.25) is 4.79 Å². The first kappa shape index (κ1) is 25.4. The average Bonchev–Trinajstić information content (AvgIpc) is 3.00. The zero-order chi connectivity index (χ0) is 20.5. The molecule has 26 heavy (non-hydrogen) atoms. The number of hydrogen-bond donors (Lipinski definition) is 3. The van der Waals surface area contributed by atoms with Crippen molar-refractivity contribution in [2.24, 2.45) is 10.8 Å². The average molecular weight is 373 g/mol. The van der Waals surface area contributed by atoms with Crippen LogP contribution in [0.2, 0.25) is 0 Å². The molecule has 5 heteroatoms. The molecule has 0 aromatic carbocycles. The molecule has 156 valence electrons. The number of aliphatic hydroxyl groups is 1. The van der Waals surface area contributed by atoms with Crippen LogP contribution in [0.4, 0.5) is 0 Å². The minimum Gasteiger partial charge on any atom is -0.471 e. The molecule has 0 amide bonds. The van der Waals surface area contributed by atoms with E-state index in [0.29, 0.717) is 17.4 Å². The second kappa shape index (κ2) is 10.6. The van der Waals surface area contributed by atoms with Gasteiger partial charge >= 0.3 is 0 Å². The first-order valence-corrected chi connectivity index (χ1v) is 10.1. The number of methoxy groups -OCH3 is 1. The van der Waals surface area contributed by atoms with Crippen molar-refractivity contribution in [1.29, 1.82) is 0 Å². The predicted octanol–water partition coefficient (Wildman–Crippen LogP) is 3.50. The fourth-order valence-corrected chi connectivity index (χ4v) is 4.03. The number of ether oxygens (including phenoxy) is 1. The van der Waals surface area contributed by atoms with E-state index in [2.05, 4.69) is 50.0 Å². The Balaban J connectivity index is 0.000000407. The highest BCUT2D eigenvalue weighted by Gasteiger charge is 2.53. The monoisotopic (exact) mass is 372 g/mol. The van der Waals surface area contributed by atoms with Crippen LogP contribution in [-0.4, -0.2) is 49.5 Å². The van der Waals surface area contributed by atoms with Gasteiger partial charge < -0.3 is 20.5 Å². The van der Waals surface area contributed by atoms with E-state index in [1.165, 1.54) is 39.5 Å². The molecule has 2 fully saturated rings. The minimum absolute atomic E-state index is 0.0434. The zero-order valence-electron chi connectivity index (χ0n) is 18.5. The molecule has 0 unspecified atom stereocenters. The maximum atomic E-state index is 9.68. The van der Waals surface area contributed by atoms with E-state index >= 15 is 0 Å². The Morgan fingerprint density at radius 2 is 1.73 bits per heavy atom. The minimum atomic E-state index is -0.553. The summed E-state index contributed by atoms with van der Waals surface area (Å²) in [6.07, 6.45) is 6.28. The molecule has 0 saturated carbocycles. The molecule has 0 aliphatic carbocycles. The highest BCUT2D eigenvalue weighted by Crippen LogP contribution is 2.45. The molecule has 0 aromatic rings. The van der Waals surface area contributed by atoms with Gasteiger partial charge in [0.05, 0.1) is 12.7 Å². The van der Waals surface area contributed by atoms with Crippen LogP contribution in [0.1, 0.15) is 80.6 Å². The van der Waals surface area contributed by atoms with E-state index in [4.69, 9.17) is 4.79 Å². The van der Waals surface area contributed by atoms with Gasteiger partial charge in [0.25, 0.3) is 6.47 Å². The summed E-state index contributed by atoms with van der Waals surface area (Å²) in [5, 5.41) is 16.9. The molecular weight excluding hydrogens is 328 g/mol. The number of fused-ring (bicyclic) bond motifs is 1. The Kier molecular flexibility index (Phi) is 10.4. The zero-order valence-corrected chi connectivity index (χ0v) is 18.5. The van der Waals surface area contributed by atoms with Gasteiger partial charge in [0.1, 0.15) is 0 Å². The number of carbonyl (C=O) groups excluding carboxylic acids is 1. The van der Waals surface area contributed by atoms with Crippen molar-refractivity contribution < 1.29 is 14.6 Å². The molecule has 2 aliphatic rings. The molecular formula is C21H44N2O3. The fraction of sp³-hybridized carbons (Fsp3) is 0.952. The normalized spacial score (nSPS) is 27.6. The van der Waals surface area contributed by atoms with E-state index in [1.54, 1.807) is 0 Å². The van der Waals surface area contributed by atoms with Crippen LogP contribution in [0.15, 0.2) is 0 Å². The topological polar surface area (TPSA) is 70.6 Å². The van der Waals surface area contributed by atoms with Crippen LogP contribution in [0.5, 0.6) is 0 Å². The summed E-state index contributed by atoms with van der Waals surface area (Å²) in [6.45, 7) is 18.8. The van der Waals surface area contributed by atoms with Gasteiger partial charge in [-0.25, -0.2) is 0 Å². The maximum Gasteiger partial charge on any atom is 0.292 e. The van der Waals surface area contributed by atoms with Crippen molar-refractivity contribution in [1.82, 2.24) is 10.6 Å². The third kappa shape index (κ3) is 6.50. The molecule has 2 rings (SSSR count). The fourth-order valence-electron chi connectivity index (χ4n) is 4.03. The van der Waals surface area contributed by atoms with E-state index in [1.807, 2.05) is 13.8 Å². The quantitative estimate of drug-likeness (QED) is 0.623. The van der Waals surface area contributed by atoms with Gasteiger partial charge in [-0.1, -0.05) is 40.5 Å². The number of rotatable bonds is 6. The first-order valence-electron chi connectivity index (χ1n) is 10.1. The third-order valence-corrected chi connectivity index (χ3v) is 6.59. The molecule has 0 aromatic heterocycles. The van der Waals surface area contributed by atoms with Crippen LogP contribution in [0.3, 0.4) is 0 Å². The van der Waals surface area contributed by atoms with Gasteiger partial charge in [-0.15, -0.1) is 0 Å². The van der Waals surface area contributed by atoms with Crippen LogP contribution >= 0.6 is 0 Å². The Morgan fingerprint density at radius 1 is 1.15 bits per heavy atom. The van der Waals surface area contributed by atoms with Crippen molar-refractivity contribution in [2.75, 3.05) is 26.7 Å². The molecule has 0 radical (unpaired) electrons. The van der Waals surface area contributed by atoms with Crippen LogP contribution < -0.4 is 10.6 Å². The smallest absolute Gasteiger partial charge is 0.292 e. The molecule has 2 aliphatic heterocycles. The van der Waals surface area contributed by atoms with Gasteiger partial charge in [-0.2, -0.15) is 0 Å². The van der Waals surface area contributed by atoms with E-state index in [9.17, 15) is 5.11 Å². The summed E-state index contributed by atoms with van der Waals surface area (Å²) in [6, 6.07) is 0. The molecule has 0 bridgehead atoms. The standard InChI is InChI=1S/C10H20N2.C9H20O.C2H4O2/c1-3-4-10-5-6-12-9(10,2)7-11-8-10;1-6-7-8(2,3)9(4,5)10;1-4-2-3/h11-12H,3-8H2,1-2H3;10H,6-7H2,1-5H3;2H,1H3/t9-,10+;;/m0../s1. The molecule has 2 saturated heterocycles. The maximum absolute atomic E-state index is 9.68. The molecule has 2 heterocycles. The highest BCUT2D eigenvalue weighted by atomic mass is 16.5. The Hall–Kier alpha value is -0.650. The lowest BCUT2D eigenvalue weighted by Gasteiger charge is -2.37. The van der Waals surface area contributed by atoms with Crippen LogP contribution in [-0.2, 0) is 9.53 Å². The molecule has 5 nitrogen and oxygen atoms in total. The number of hydrogen-bond acceptors (Lipinski definition) is 5. The summed E-state index contributed by atoms with van der Waals surface area (Å²) >= 11 is 0. The van der Waals surface area contributed by atoms with E-state index in [-0.39, 0.29) is 5.41 Å². The van der Waals surface area contributed by atoms with Gasteiger partial charge in [0.2, 0.25) is 0 Å². The lowest BCUT2D eigenvalue weighted by Crippen LogP contribution is -2.48. The Morgan fingerprint density at radius 3 is 2.12 bits per heavy atom. The predicted molar refractivity (Wildman–Crippen MR) is 109 cm³/mol.